The largest absolute Gasteiger partial charge is 0.497 e. The lowest BCUT2D eigenvalue weighted by molar-refractivity contribution is 0.0530. The van der Waals surface area contributed by atoms with Gasteiger partial charge in [0.1, 0.15) is 5.75 Å². The molecule has 0 spiro atoms. The van der Waals surface area contributed by atoms with Gasteiger partial charge in [0.25, 0.3) is 0 Å². The van der Waals surface area contributed by atoms with E-state index in [1.54, 1.807) is 7.11 Å². The molecule has 6 heteroatoms. The van der Waals surface area contributed by atoms with Crippen molar-refractivity contribution in [2.24, 2.45) is 16.6 Å². The van der Waals surface area contributed by atoms with Crippen molar-refractivity contribution in [3.05, 3.63) is 29.8 Å². The van der Waals surface area contributed by atoms with Crippen molar-refractivity contribution in [2.75, 3.05) is 40.0 Å². The van der Waals surface area contributed by atoms with Gasteiger partial charge in [-0.25, -0.2) is 0 Å². The molecule has 1 aromatic rings. The number of rotatable bonds is 4. The number of methoxy groups -OCH3 is 1. The van der Waals surface area contributed by atoms with E-state index in [9.17, 15) is 0 Å². The second kappa shape index (κ2) is 9.78. The zero-order valence-electron chi connectivity index (χ0n) is 15.9. The van der Waals surface area contributed by atoms with Crippen LogP contribution in [-0.4, -0.2) is 50.8 Å². The molecule has 5 nitrogen and oxygen atoms in total. The molecule has 2 fully saturated rings. The standard InChI is InChI=1S/C20H31N3O2.HI/c1-16-7-11-23(12-8-16)19(21)22-15-20(9-13-25-14-10-20)17-3-5-18(24-2)6-4-17;/h3-6,16H,7-15H2,1-2H3,(H2,21,22);1H. The van der Waals surface area contributed by atoms with E-state index >= 15 is 0 Å². The second-order valence-corrected chi connectivity index (χ2v) is 7.47. The Kier molecular flexibility index (Phi) is 8.01. The monoisotopic (exact) mass is 473 g/mol. The summed E-state index contributed by atoms with van der Waals surface area (Å²) in [4.78, 5) is 7.06. The Hall–Kier alpha value is -1.02. The van der Waals surface area contributed by atoms with Crippen LogP contribution in [0.1, 0.15) is 38.2 Å². The first-order chi connectivity index (χ1) is 12.1. The summed E-state index contributed by atoms with van der Waals surface area (Å²) in [7, 11) is 1.70. The molecule has 0 unspecified atom stereocenters. The Morgan fingerprint density at radius 3 is 2.42 bits per heavy atom. The van der Waals surface area contributed by atoms with Gasteiger partial charge < -0.3 is 20.1 Å². The number of ether oxygens (including phenoxy) is 2. The lowest BCUT2D eigenvalue weighted by Gasteiger charge is -2.37. The van der Waals surface area contributed by atoms with E-state index in [2.05, 4.69) is 24.0 Å². The molecule has 3 rings (SSSR count). The maximum atomic E-state index is 6.32. The van der Waals surface area contributed by atoms with E-state index in [-0.39, 0.29) is 29.4 Å². The van der Waals surface area contributed by atoms with Gasteiger partial charge in [-0.2, -0.15) is 0 Å². The van der Waals surface area contributed by atoms with Crippen molar-refractivity contribution in [2.45, 2.75) is 38.0 Å². The summed E-state index contributed by atoms with van der Waals surface area (Å²) in [6.07, 6.45) is 4.36. The number of halogens is 1. The van der Waals surface area contributed by atoms with Crippen LogP contribution in [0.2, 0.25) is 0 Å². The van der Waals surface area contributed by atoms with E-state index in [4.69, 9.17) is 20.2 Å². The minimum atomic E-state index is 0. The summed E-state index contributed by atoms with van der Waals surface area (Å²) in [5, 5.41) is 0. The third-order valence-corrected chi connectivity index (χ3v) is 5.80. The molecule has 0 aliphatic carbocycles. The maximum absolute atomic E-state index is 6.32. The van der Waals surface area contributed by atoms with Crippen LogP contribution < -0.4 is 10.5 Å². The Morgan fingerprint density at radius 1 is 1.23 bits per heavy atom. The second-order valence-electron chi connectivity index (χ2n) is 7.47. The van der Waals surface area contributed by atoms with Gasteiger partial charge in [-0.15, -0.1) is 24.0 Å². The average Bonchev–Trinajstić information content (AvgIpc) is 2.67. The van der Waals surface area contributed by atoms with Crippen molar-refractivity contribution in [3.8, 4) is 5.75 Å². The molecule has 1 aromatic carbocycles. The fourth-order valence-electron chi connectivity index (χ4n) is 3.81. The lowest BCUT2D eigenvalue weighted by atomic mass is 9.74. The van der Waals surface area contributed by atoms with Crippen molar-refractivity contribution < 1.29 is 9.47 Å². The Bertz CT molecular complexity index is 577. The first-order valence-electron chi connectivity index (χ1n) is 9.40. The highest BCUT2D eigenvalue weighted by Crippen LogP contribution is 2.36. The van der Waals surface area contributed by atoms with E-state index in [1.165, 1.54) is 18.4 Å². The molecule has 2 N–H and O–H groups in total. The number of guanidine groups is 1. The maximum Gasteiger partial charge on any atom is 0.191 e. The predicted octanol–water partition coefficient (Wildman–Crippen LogP) is 3.41. The summed E-state index contributed by atoms with van der Waals surface area (Å²) < 4.78 is 10.9. The molecule has 0 atom stereocenters. The molecule has 0 bridgehead atoms. The van der Waals surface area contributed by atoms with Gasteiger partial charge in [-0.3, -0.25) is 4.99 Å². The van der Waals surface area contributed by atoms with Crippen molar-refractivity contribution in [1.82, 2.24) is 4.90 Å². The van der Waals surface area contributed by atoms with Gasteiger partial charge in [-0.1, -0.05) is 19.1 Å². The number of hydrogen-bond acceptors (Lipinski definition) is 3. The molecular formula is C20H32IN3O2. The van der Waals surface area contributed by atoms with E-state index < -0.39 is 0 Å². The number of nitrogens with two attached hydrogens (primary N) is 1. The number of piperidine rings is 1. The van der Waals surface area contributed by atoms with Crippen LogP contribution >= 0.6 is 24.0 Å². The fourth-order valence-corrected chi connectivity index (χ4v) is 3.81. The predicted molar refractivity (Wildman–Crippen MR) is 117 cm³/mol. The van der Waals surface area contributed by atoms with E-state index in [0.29, 0.717) is 5.96 Å². The third kappa shape index (κ3) is 5.03. The number of aliphatic imine (C=N–C) groups is 1. The van der Waals surface area contributed by atoms with Gasteiger partial charge in [0, 0.05) is 31.7 Å². The first-order valence-corrected chi connectivity index (χ1v) is 9.40. The van der Waals surface area contributed by atoms with Gasteiger partial charge in [-0.05, 0) is 49.3 Å². The van der Waals surface area contributed by atoms with Gasteiger partial charge >= 0.3 is 0 Å². The molecule has 2 aliphatic heterocycles. The highest BCUT2D eigenvalue weighted by Gasteiger charge is 2.34. The summed E-state index contributed by atoms with van der Waals surface area (Å²) >= 11 is 0. The summed E-state index contributed by atoms with van der Waals surface area (Å²) in [6.45, 7) is 6.64. The molecule has 0 aromatic heterocycles. The van der Waals surface area contributed by atoms with Crippen molar-refractivity contribution >= 4 is 29.9 Å². The highest BCUT2D eigenvalue weighted by molar-refractivity contribution is 14.0. The SMILES string of the molecule is COc1ccc(C2(CN=C(N)N3CCC(C)CC3)CCOCC2)cc1.I. The van der Waals surface area contributed by atoms with Crippen LogP contribution in [0.25, 0.3) is 0 Å². The minimum absolute atomic E-state index is 0. The van der Waals surface area contributed by atoms with Gasteiger partial charge in [0.2, 0.25) is 0 Å². The third-order valence-electron chi connectivity index (χ3n) is 5.80. The van der Waals surface area contributed by atoms with Crippen LogP contribution in [0.3, 0.4) is 0 Å². The number of hydrogen-bond donors (Lipinski definition) is 1. The van der Waals surface area contributed by atoms with Crippen LogP contribution in [0.15, 0.2) is 29.3 Å². The summed E-state index contributed by atoms with van der Waals surface area (Å²) in [5.41, 5.74) is 7.64. The van der Waals surface area contributed by atoms with Crippen LogP contribution in [0, 0.1) is 5.92 Å². The molecule has 0 radical (unpaired) electrons. The molecule has 26 heavy (non-hydrogen) atoms. The molecule has 2 saturated heterocycles. The lowest BCUT2D eigenvalue weighted by Crippen LogP contribution is -2.44. The molecule has 2 heterocycles. The molecular weight excluding hydrogens is 441 g/mol. The van der Waals surface area contributed by atoms with Crippen LogP contribution in [0.5, 0.6) is 5.75 Å². The fraction of sp³-hybridized carbons (Fsp3) is 0.650. The Balaban J connectivity index is 0.00000243. The average molecular weight is 473 g/mol. The minimum Gasteiger partial charge on any atom is -0.497 e. The molecule has 0 saturated carbocycles. The zero-order chi connectivity index (χ0) is 17.7. The quantitative estimate of drug-likeness (QED) is 0.414. The van der Waals surface area contributed by atoms with Crippen molar-refractivity contribution in [3.63, 3.8) is 0 Å². The van der Waals surface area contributed by atoms with Gasteiger partial charge in [0.15, 0.2) is 5.96 Å². The van der Waals surface area contributed by atoms with E-state index in [0.717, 1.165) is 57.4 Å². The van der Waals surface area contributed by atoms with Crippen LogP contribution in [0.4, 0.5) is 0 Å². The number of likely N-dealkylation sites (tertiary alicyclic amines) is 1. The smallest absolute Gasteiger partial charge is 0.191 e. The Morgan fingerprint density at radius 2 is 1.85 bits per heavy atom. The molecule has 0 amide bonds. The first kappa shape index (κ1) is 21.3. The topological polar surface area (TPSA) is 60.1 Å². The summed E-state index contributed by atoms with van der Waals surface area (Å²) in [5.74, 6) is 2.38. The van der Waals surface area contributed by atoms with Gasteiger partial charge in [0.05, 0.1) is 13.7 Å². The Labute approximate surface area is 174 Å². The normalized spacial score (nSPS) is 21.2. The van der Waals surface area contributed by atoms with Crippen LogP contribution in [-0.2, 0) is 10.2 Å². The summed E-state index contributed by atoms with van der Waals surface area (Å²) in [6, 6.07) is 8.40. The van der Waals surface area contributed by atoms with Crippen molar-refractivity contribution in [1.29, 1.82) is 0 Å². The molecule has 146 valence electrons. The highest BCUT2D eigenvalue weighted by atomic mass is 127. The molecule has 2 aliphatic rings. The number of benzene rings is 1. The van der Waals surface area contributed by atoms with E-state index in [1.807, 2.05) is 12.1 Å². The zero-order valence-corrected chi connectivity index (χ0v) is 18.3. The number of nitrogens with zero attached hydrogens (tertiary/aromatic N) is 2.